The number of β-amino-alcohol motifs (C(OH)–C–C–N with tert-alkyl or cyclic N) is 1. The summed E-state index contributed by atoms with van der Waals surface area (Å²) >= 11 is 5.97. The van der Waals surface area contributed by atoms with Crippen LogP contribution in [0, 0.1) is 0 Å². The first-order valence-corrected chi connectivity index (χ1v) is 9.78. The van der Waals surface area contributed by atoms with Crippen LogP contribution >= 0.6 is 11.6 Å². The van der Waals surface area contributed by atoms with E-state index in [1.807, 2.05) is 31.3 Å². The fourth-order valence-corrected chi connectivity index (χ4v) is 3.51. The summed E-state index contributed by atoms with van der Waals surface area (Å²) in [5.41, 5.74) is 1.93. The second-order valence-electron chi connectivity index (χ2n) is 6.91. The molecule has 0 atom stereocenters. The Labute approximate surface area is 168 Å². The van der Waals surface area contributed by atoms with Crippen LogP contribution in [0.25, 0.3) is 11.0 Å². The second kappa shape index (κ2) is 8.30. The van der Waals surface area contributed by atoms with Crippen LogP contribution < -0.4 is 10.2 Å². The third-order valence-corrected chi connectivity index (χ3v) is 5.28. The van der Waals surface area contributed by atoms with Gasteiger partial charge in [0.1, 0.15) is 5.82 Å². The summed E-state index contributed by atoms with van der Waals surface area (Å²) in [6.45, 7) is 4.99. The Hall–Kier alpha value is -2.42. The van der Waals surface area contributed by atoms with E-state index in [4.69, 9.17) is 26.7 Å². The molecule has 1 aromatic carbocycles. The molecule has 148 valence electrons. The standard InChI is InChI=1S/C19H24ClN7O/c1-25-18-16(13-22-25)17(21-12-14-2-4-15(20)5-3-14)23-19(24-18)27-8-6-26(7-9-27)10-11-28/h2-5,13,28H,6-12H2,1H3,(H,21,23,24). The largest absolute Gasteiger partial charge is 0.395 e. The average Bonchev–Trinajstić information content (AvgIpc) is 3.09. The molecule has 0 bridgehead atoms. The number of anilines is 2. The molecule has 0 aliphatic carbocycles. The predicted octanol–water partition coefficient (Wildman–Crippen LogP) is 1.74. The lowest BCUT2D eigenvalue weighted by molar-refractivity contribution is 0.188. The van der Waals surface area contributed by atoms with E-state index in [9.17, 15) is 0 Å². The summed E-state index contributed by atoms with van der Waals surface area (Å²) in [7, 11) is 1.89. The number of nitrogens with zero attached hydrogens (tertiary/aromatic N) is 6. The van der Waals surface area contributed by atoms with Gasteiger partial charge >= 0.3 is 0 Å². The first kappa shape index (κ1) is 18.9. The van der Waals surface area contributed by atoms with Gasteiger partial charge in [0.15, 0.2) is 5.65 Å². The molecule has 0 spiro atoms. The fourth-order valence-electron chi connectivity index (χ4n) is 3.39. The number of rotatable bonds is 6. The number of halogens is 1. The number of aliphatic hydroxyl groups excluding tert-OH is 1. The molecule has 3 aromatic rings. The molecule has 8 nitrogen and oxygen atoms in total. The Morgan fingerprint density at radius 2 is 1.86 bits per heavy atom. The summed E-state index contributed by atoms with van der Waals surface area (Å²) in [5.74, 6) is 1.49. The molecule has 1 aliphatic rings. The van der Waals surface area contributed by atoms with Gasteiger partial charge in [0.2, 0.25) is 5.95 Å². The van der Waals surface area contributed by atoms with Crippen molar-refractivity contribution in [2.75, 3.05) is 49.5 Å². The number of nitrogens with one attached hydrogen (secondary N) is 1. The maximum atomic E-state index is 9.13. The minimum absolute atomic E-state index is 0.191. The van der Waals surface area contributed by atoms with E-state index in [1.165, 1.54) is 0 Å². The molecule has 0 amide bonds. The van der Waals surface area contributed by atoms with Gasteiger partial charge in [-0.3, -0.25) is 9.58 Å². The van der Waals surface area contributed by atoms with E-state index < -0.39 is 0 Å². The normalized spacial score (nSPS) is 15.3. The molecule has 1 fully saturated rings. The van der Waals surface area contributed by atoms with Gasteiger partial charge in [-0.2, -0.15) is 15.1 Å². The molecule has 9 heteroatoms. The van der Waals surface area contributed by atoms with Crippen LogP contribution in [0.4, 0.5) is 11.8 Å². The summed E-state index contributed by atoms with van der Waals surface area (Å²) in [5, 5.41) is 18.5. The van der Waals surface area contributed by atoms with E-state index in [1.54, 1.807) is 10.9 Å². The highest BCUT2D eigenvalue weighted by Crippen LogP contribution is 2.24. The number of aliphatic hydroxyl groups is 1. The van der Waals surface area contributed by atoms with Gasteiger partial charge in [-0.05, 0) is 17.7 Å². The maximum absolute atomic E-state index is 9.13. The monoisotopic (exact) mass is 401 g/mol. The summed E-state index contributed by atoms with van der Waals surface area (Å²) in [6.07, 6.45) is 1.79. The van der Waals surface area contributed by atoms with Gasteiger partial charge in [0.05, 0.1) is 18.2 Å². The predicted molar refractivity (Wildman–Crippen MR) is 111 cm³/mol. The van der Waals surface area contributed by atoms with Gasteiger partial charge in [0.25, 0.3) is 0 Å². The molecular weight excluding hydrogens is 378 g/mol. The number of fused-ring (bicyclic) bond motifs is 1. The van der Waals surface area contributed by atoms with Gasteiger partial charge in [0, 0.05) is 51.3 Å². The highest BCUT2D eigenvalue weighted by atomic mass is 35.5. The van der Waals surface area contributed by atoms with Crippen molar-refractivity contribution in [1.29, 1.82) is 0 Å². The average molecular weight is 402 g/mol. The van der Waals surface area contributed by atoms with Gasteiger partial charge in [-0.1, -0.05) is 23.7 Å². The lowest BCUT2D eigenvalue weighted by Gasteiger charge is -2.34. The van der Waals surface area contributed by atoms with Crippen LogP contribution in [0.2, 0.25) is 5.02 Å². The van der Waals surface area contributed by atoms with Gasteiger partial charge < -0.3 is 15.3 Å². The van der Waals surface area contributed by atoms with Crippen molar-refractivity contribution >= 4 is 34.4 Å². The molecule has 4 rings (SSSR count). The van der Waals surface area contributed by atoms with Gasteiger partial charge in [-0.15, -0.1) is 0 Å². The molecule has 2 aromatic heterocycles. The van der Waals surface area contributed by atoms with E-state index in [0.29, 0.717) is 19.0 Å². The Morgan fingerprint density at radius 1 is 1.11 bits per heavy atom. The minimum Gasteiger partial charge on any atom is -0.395 e. The van der Waals surface area contributed by atoms with Crippen molar-refractivity contribution in [3.05, 3.63) is 41.0 Å². The van der Waals surface area contributed by atoms with E-state index in [0.717, 1.165) is 53.6 Å². The molecule has 3 heterocycles. The first-order valence-electron chi connectivity index (χ1n) is 9.40. The highest BCUT2D eigenvalue weighted by Gasteiger charge is 2.21. The number of aromatic nitrogens is 4. The Morgan fingerprint density at radius 3 is 2.57 bits per heavy atom. The lowest BCUT2D eigenvalue weighted by Crippen LogP contribution is -2.47. The molecule has 0 unspecified atom stereocenters. The molecule has 2 N–H and O–H groups in total. The van der Waals surface area contributed by atoms with Crippen LogP contribution in [0.3, 0.4) is 0 Å². The van der Waals surface area contributed by atoms with Crippen LogP contribution in [0.1, 0.15) is 5.56 Å². The zero-order valence-electron chi connectivity index (χ0n) is 15.8. The van der Waals surface area contributed by atoms with E-state index in [2.05, 4.69) is 20.2 Å². The van der Waals surface area contributed by atoms with Crippen molar-refractivity contribution in [2.45, 2.75) is 6.54 Å². The van der Waals surface area contributed by atoms with Crippen molar-refractivity contribution in [3.63, 3.8) is 0 Å². The summed E-state index contributed by atoms with van der Waals surface area (Å²) in [6, 6.07) is 7.77. The number of hydrogen-bond acceptors (Lipinski definition) is 7. The molecule has 1 saturated heterocycles. The molecule has 0 radical (unpaired) electrons. The number of hydrogen-bond donors (Lipinski definition) is 2. The first-order chi connectivity index (χ1) is 13.6. The topological polar surface area (TPSA) is 82.3 Å². The van der Waals surface area contributed by atoms with Crippen LogP contribution in [-0.4, -0.2) is 69.1 Å². The SMILES string of the molecule is Cn1ncc2c(NCc3ccc(Cl)cc3)nc(N3CCN(CCO)CC3)nc21. The molecule has 28 heavy (non-hydrogen) atoms. The second-order valence-corrected chi connectivity index (χ2v) is 7.35. The zero-order chi connectivity index (χ0) is 19.5. The van der Waals surface area contributed by atoms with Crippen LogP contribution in [0.5, 0.6) is 0 Å². The third-order valence-electron chi connectivity index (χ3n) is 5.02. The Bertz CT molecular complexity index is 935. The van der Waals surface area contributed by atoms with Crippen LogP contribution in [-0.2, 0) is 13.6 Å². The van der Waals surface area contributed by atoms with Crippen molar-refractivity contribution in [1.82, 2.24) is 24.6 Å². The molecule has 0 saturated carbocycles. The van der Waals surface area contributed by atoms with Crippen molar-refractivity contribution in [3.8, 4) is 0 Å². The zero-order valence-corrected chi connectivity index (χ0v) is 16.6. The molecular formula is C19H24ClN7O. The quantitative estimate of drug-likeness (QED) is 0.651. The van der Waals surface area contributed by atoms with Crippen molar-refractivity contribution in [2.24, 2.45) is 7.05 Å². The van der Waals surface area contributed by atoms with Crippen molar-refractivity contribution < 1.29 is 5.11 Å². The number of benzene rings is 1. The van der Waals surface area contributed by atoms with Crippen LogP contribution in [0.15, 0.2) is 30.5 Å². The van der Waals surface area contributed by atoms with E-state index in [-0.39, 0.29) is 6.61 Å². The highest BCUT2D eigenvalue weighted by molar-refractivity contribution is 6.30. The molecule has 1 aliphatic heterocycles. The fraction of sp³-hybridized carbons (Fsp3) is 0.421. The third kappa shape index (κ3) is 4.04. The van der Waals surface area contributed by atoms with E-state index >= 15 is 0 Å². The summed E-state index contributed by atoms with van der Waals surface area (Å²) in [4.78, 5) is 14.0. The maximum Gasteiger partial charge on any atom is 0.229 e. The number of aryl methyl sites for hydroxylation is 1. The van der Waals surface area contributed by atoms with Gasteiger partial charge in [-0.25, -0.2) is 0 Å². The summed E-state index contributed by atoms with van der Waals surface area (Å²) < 4.78 is 1.77. The number of piperazine rings is 1. The minimum atomic E-state index is 0.191. The lowest BCUT2D eigenvalue weighted by atomic mass is 10.2. The Kier molecular flexibility index (Phi) is 5.61. The Balaban J connectivity index is 1.56. The smallest absolute Gasteiger partial charge is 0.229 e.